The van der Waals surface area contributed by atoms with E-state index in [4.69, 9.17) is 17.3 Å². The van der Waals surface area contributed by atoms with Gasteiger partial charge in [-0.3, -0.25) is 15.0 Å². The van der Waals surface area contributed by atoms with Crippen molar-refractivity contribution in [3.05, 3.63) is 22.6 Å². The highest BCUT2D eigenvalue weighted by Crippen LogP contribution is 2.04. The molecule has 0 aliphatic heterocycles. The fourth-order valence-corrected chi connectivity index (χ4v) is 1.05. The topological polar surface area (TPSA) is 75.1 Å². The third kappa shape index (κ3) is 4.75. The zero-order valence-corrected chi connectivity index (χ0v) is 10.4. The molecule has 0 spiro atoms. The number of nitrogens with two attached hydrogens (primary N) is 1. The molecule has 0 saturated heterocycles. The molecule has 0 amide bonds. The molecule has 3 N–H and O–H groups in total. The second kappa shape index (κ2) is 7.64. The van der Waals surface area contributed by atoms with Gasteiger partial charge >= 0.3 is 0 Å². The second-order valence-electron chi connectivity index (χ2n) is 2.84. The zero-order chi connectivity index (χ0) is 12.6. The number of hydrogen-bond donors (Lipinski definition) is 2. The van der Waals surface area contributed by atoms with E-state index in [2.05, 4.69) is 27.0 Å². The van der Waals surface area contributed by atoms with Crippen LogP contribution in [0.5, 0.6) is 0 Å². The van der Waals surface area contributed by atoms with Crippen LogP contribution in [0.4, 0.5) is 0 Å². The molecule has 0 radical (unpaired) electrons. The number of hydrogen-bond acceptors (Lipinski definition) is 4. The summed E-state index contributed by atoms with van der Waals surface area (Å²) in [5.41, 5.74) is 6.90. The molecule has 0 heterocycles. The van der Waals surface area contributed by atoms with Crippen LogP contribution in [0.15, 0.2) is 37.6 Å². The van der Waals surface area contributed by atoms with Crippen LogP contribution in [0.2, 0.25) is 0 Å². The second-order valence-corrected chi connectivity index (χ2v) is 3.25. The number of nitrogens with zero attached hydrogens (tertiary/aromatic N) is 3. The molecule has 0 aliphatic rings. The summed E-state index contributed by atoms with van der Waals surface area (Å²) in [5.74, 6) is 0.453. The molecular weight excluding hydrogens is 226 g/mol. The van der Waals surface area contributed by atoms with Crippen LogP contribution in [-0.4, -0.2) is 32.9 Å². The van der Waals surface area contributed by atoms with Gasteiger partial charge in [-0.15, -0.1) is 0 Å². The molecule has 0 atom stereocenters. The number of aliphatic imine (C=N–C) groups is 3. The van der Waals surface area contributed by atoms with Crippen LogP contribution in [0.25, 0.3) is 0 Å². The molecule has 88 valence electrons. The van der Waals surface area contributed by atoms with Crippen molar-refractivity contribution < 1.29 is 0 Å². The van der Waals surface area contributed by atoms with Crippen molar-refractivity contribution in [2.24, 2.45) is 20.7 Å². The Morgan fingerprint density at radius 2 is 2.06 bits per heavy atom. The van der Waals surface area contributed by atoms with E-state index in [-0.39, 0.29) is 0 Å². The highest BCUT2D eigenvalue weighted by atomic mass is 35.5. The Balaban J connectivity index is 5.00. The van der Waals surface area contributed by atoms with Crippen molar-refractivity contribution in [2.45, 2.75) is 6.92 Å². The molecule has 0 saturated carbocycles. The van der Waals surface area contributed by atoms with E-state index in [1.807, 2.05) is 0 Å². The lowest BCUT2D eigenvalue weighted by atomic mass is 10.3. The number of allylic oxidation sites excluding steroid dienone is 2. The van der Waals surface area contributed by atoms with Gasteiger partial charge in [0, 0.05) is 32.2 Å². The Morgan fingerprint density at radius 1 is 1.44 bits per heavy atom. The van der Waals surface area contributed by atoms with Gasteiger partial charge in [-0.05, 0) is 13.6 Å². The first-order valence-electron chi connectivity index (χ1n) is 4.51. The Morgan fingerprint density at radius 3 is 2.44 bits per heavy atom. The van der Waals surface area contributed by atoms with Crippen molar-refractivity contribution in [1.82, 2.24) is 5.32 Å². The molecular formula is C10H16ClN5. The van der Waals surface area contributed by atoms with E-state index in [0.717, 1.165) is 0 Å². The largest absolute Gasteiger partial charge is 0.401 e. The predicted molar refractivity (Wildman–Crippen MR) is 71.3 cm³/mol. The minimum absolute atomic E-state index is 0.348. The minimum atomic E-state index is 0.348. The van der Waals surface area contributed by atoms with Gasteiger partial charge in [-0.2, -0.15) is 0 Å². The summed E-state index contributed by atoms with van der Waals surface area (Å²) in [4.78, 5) is 11.4. The van der Waals surface area contributed by atoms with Gasteiger partial charge in [0.1, 0.15) is 10.9 Å². The summed E-state index contributed by atoms with van der Waals surface area (Å²) >= 11 is 5.92. The van der Waals surface area contributed by atoms with Crippen molar-refractivity contribution in [1.29, 1.82) is 0 Å². The number of amidine groups is 1. The lowest BCUT2D eigenvalue weighted by Gasteiger charge is -2.09. The third-order valence-electron chi connectivity index (χ3n) is 1.59. The molecule has 5 nitrogen and oxygen atoms in total. The van der Waals surface area contributed by atoms with Crippen LogP contribution in [0.3, 0.4) is 0 Å². The SMILES string of the molecule is C=N/C=C(/Cl)C(=NC)NC(C=NC)=C(C)N. The van der Waals surface area contributed by atoms with Crippen molar-refractivity contribution in [3.8, 4) is 0 Å². The van der Waals surface area contributed by atoms with E-state index < -0.39 is 0 Å². The summed E-state index contributed by atoms with van der Waals surface area (Å²) in [6.07, 6.45) is 2.98. The molecule has 0 aromatic rings. The first-order chi connectivity index (χ1) is 7.56. The molecule has 0 bridgehead atoms. The molecule has 0 aromatic carbocycles. The molecule has 0 fully saturated rings. The zero-order valence-electron chi connectivity index (χ0n) is 9.66. The number of halogens is 1. The smallest absolute Gasteiger partial charge is 0.145 e. The lowest BCUT2D eigenvalue weighted by Crippen LogP contribution is -2.26. The normalized spacial score (nSPS) is 15.0. The first kappa shape index (κ1) is 14.4. The van der Waals surface area contributed by atoms with Gasteiger partial charge in [0.25, 0.3) is 0 Å². The van der Waals surface area contributed by atoms with E-state index in [1.54, 1.807) is 27.2 Å². The van der Waals surface area contributed by atoms with Gasteiger partial charge in [0.2, 0.25) is 0 Å². The lowest BCUT2D eigenvalue weighted by molar-refractivity contribution is 1.11. The maximum atomic E-state index is 5.92. The van der Waals surface area contributed by atoms with Crippen molar-refractivity contribution in [2.75, 3.05) is 14.1 Å². The van der Waals surface area contributed by atoms with E-state index in [0.29, 0.717) is 22.3 Å². The Kier molecular flexibility index (Phi) is 6.87. The summed E-state index contributed by atoms with van der Waals surface area (Å²) in [6.45, 7) is 5.06. The standard InChI is InChI=1S/C10H16ClN5/c1-7(12)9(6-14-3)16-10(15-4)8(11)5-13-2/h5-6H,2,12H2,1,3-4H3,(H,15,16)/b8-5+,9-7?,14-6?. The van der Waals surface area contributed by atoms with Crippen LogP contribution in [0.1, 0.15) is 6.92 Å². The molecule has 0 aliphatic carbocycles. The van der Waals surface area contributed by atoms with Crippen LogP contribution in [-0.2, 0) is 0 Å². The van der Waals surface area contributed by atoms with Crippen molar-refractivity contribution >= 4 is 30.4 Å². The van der Waals surface area contributed by atoms with E-state index in [1.165, 1.54) is 6.20 Å². The summed E-state index contributed by atoms with van der Waals surface area (Å²) in [7, 11) is 3.25. The average Bonchev–Trinajstić information content (AvgIpc) is 2.24. The molecule has 0 aromatic heterocycles. The number of nitrogens with one attached hydrogen (secondary N) is 1. The van der Waals surface area contributed by atoms with Gasteiger partial charge in [0.05, 0.1) is 5.70 Å². The van der Waals surface area contributed by atoms with Crippen LogP contribution in [0, 0.1) is 0 Å². The quantitative estimate of drug-likeness (QED) is 0.575. The van der Waals surface area contributed by atoms with E-state index >= 15 is 0 Å². The third-order valence-corrected chi connectivity index (χ3v) is 1.87. The monoisotopic (exact) mass is 241 g/mol. The van der Waals surface area contributed by atoms with Gasteiger partial charge < -0.3 is 11.1 Å². The highest BCUT2D eigenvalue weighted by molar-refractivity contribution is 6.43. The maximum Gasteiger partial charge on any atom is 0.145 e. The highest BCUT2D eigenvalue weighted by Gasteiger charge is 2.05. The predicted octanol–water partition coefficient (Wildman–Crippen LogP) is 1.28. The Labute approximate surface area is 101 Å². The van der Waals surface area contributed by atoms with Gasteiger partial charge in [0.15, 0.2) is 0 Å². The average molecular weight is 242 g/mol. The summed E-state index contributed by atoms with van der Waals surface area (Å²) < 4.78 is 0. The fraction of sp³-hybridized carbons (Fsp3) is 0.300. The summed E-state index contributed by atoms with van der Waals surface area (Å²) in [5, 5.41) is 3.30. The first-order valence-corrected chi connectivity index (χ1v) is 4.88. The molecule has 0 rings (SSSR count). The number of rotatable bonds is 4. The molecule has 0 unspecified atom stereocenters. The Hall–Kier alpha value is -1.62. The van der Waals surface area contributed by atoms with E-state index in [9.17, 15) is 0 Å². The van der Waals surface area contributed by atoms with Crippen LogP contribution < -0.4 is 11.1 Å². The fourth-order valence-electron chi connectivity index (χ4n) is 0.853. The van der Waals surface area contributed by atoms with Crippen molar-refractivity contribution in [3.63, 3.8) is 0 Å². The minimum Gasteiger partial charge on any atom is -0.401 e. The van der Waals surface area contributed by atoms with Gasteiger partial charge in [-0.25, -0.2) is 0 Å². The molecule has 6 heteroatoms. The van der Waals surface area contributed by atoms with Crippen LogP contribution >= 0.6 is 11.6 Å². The molecule has 16 heavy (non-hydrogen) atoms. The maximum absolute atomic E-state index is 5.92. The Bertz CT molecular complexity index is 361. The summed E-state index contributed by atoms with van der Waals surface area (Å²) in [6, 6.07) is 0. The van der Waals surface area contributed by atoms with Gasteiger partial charge in [-0.1, -0.05) is 11.6 Å².